The van der Waals surface area contributed by atoms with Crippen LogP contribution in [0.4, 0.5) is 5.69 Å². The molecule has 0 saturated heterocycles. The second kappa shape index (κ2) is 7.06. The van der Waals surface area contributed by atoms with Crippen LogP contribution in [0.15, 0.2) is 77.7 Å². The number of hydrogen-bond donors (Lipinski definition) is 2. The largest absolute Gasteiger partial charge is 0.478 e. The van der Waals surface area contributed by atoms with Crippen molar-refractivity contribution in [2.24, 2.45) is 0 Å². The summed E-state index contributed by atoms with van der Waals surface area (Å²) in [4.78, 5) is 15.5. The molecule has 8 heteroatoms. The minimum atomic E-state index is -3.89. The summed E-state index contributed by atoms with van der Waals surface area (Å²) in [7, 11) is -3.89. The Balaban J connectivity index is 1.58. The molecule has 0 bridgehead atoms. The number of carboxylic acids is 1. The Hall–Kier alpha value is -3.23. The predicted molar refractivity (Wildman–Crippen MR) is 109 cm³/mol. The van der Waals surface area contributed by atoms with Gasteiger partial charge in [-0.25, -0.2) is 18.2 Å². The number of fused-ring (bicyclic) bond motifs is 1. The SMILES string of the molecule is O=C(O)c1cccc(S(=O)(=O)Nc2ccc(-c3nc4ccccc4s3)cc2)c1. The van der Waals surface area contributed by atoms with Crippen LogP contribution in [-0.2, 0) is 10.0 Å². The summed E-state index contributed by atoms with van der Waals surface area (Å²) in [6.45, 7) is 0. The first-order chi connectivity index (χ1) is 13.4. The molecule has 28 heavy (non-hydrogen) atoms. The van der Waals surface area contributed by atoms with Crippen LogP contribution in [0, 0.1) is 0 Å². The maximum atomic E-state index is 12.5. The normalized spacial score (nSPS) is 11.4. The summed E-state index contributed by atoms with van der Waals surface area (Å²) >= 11 is 1.57. The molecule has 0 saturated carbocycles. The van der Waals surface area contributed by atoms with E-state index in [2.05, 4.69) is 9.71 Å². The molecule has 0 amide bonds. The van der Waals surface area contributed by atoms with Crippen molar-refractivity contribution in [1.82, 2.24) is 4.98 Å². The molecule has 1 heterocycles. The van der Waals surface area contributed by atoms with Crippen molar-refractivity contribution in [1.29, 1.82) is 0 Å². The molecular weight excluding hydrogens is 396 g/mol. The molecule has 0 aliphatic carbocycles. The number of sulfonamides is 1. The summed E-state index contributed by atoms with van der Waals surface area (Å²) in [5.74, 6) is -1.18. The number of nitrogens with zero attached hydrogens (tertiary/aromatic N) is 1. The van der Waals surface area contributed by atoms with Crippen molar-refractivity contribution >= 4 is 43.2 Å². The quantitative estimate of drug-likeness (QED) is 0.506. The number of thiazole rings is 1. The standard InChI is InChI=1S/C20H14N2O4S2/c23-20(24)14-4-3-5-16(12-14)28(25,26)22-15-10-8-13(9-11-15)19-21-17-6-1-2-7-18(17)27-19/h1-12,22H,(H,23,24). The molecule has 0 atom stereocenters. The van der Waals surface area contributed by atoms with Crippen molar-refractivity contribution in [3.8, 4) is 10.6 Å². The lowest BCUT2D eigenvalue weighted by atomic mass is 10.2. The van der Waals surface area contributed by atoms with E-state index < -0.39 is 16.0 Å². The first kappa shape index (κ1) is 18.1. The van der Waals surface area contributed by atoms with Crippen molar-refractivity contribution < 1.29 is 18.3 Å². The van der Waals surface area contributed by atoms with Crippen LogP contribution in [0.5, 0.6) is 0 Å². The topological polar surface area (TPSA) is 96.4 Å². The molecule has 0 fully saturated rings. The second-order valence-electron chi connectivity index (χ2n) is 6.00. The van der Waals surface area contributed by atoms with Crippen LogP contribution in [0.25, 0.3) is 20.8 Å². The van der Waals surface area contributed by atoms with Gasteiger partial charge < -0.3 is 5.11 Å². The van der Waals surface area contributed by atoms with Gasteiger partial charge in [-0.3, -0.25) is 4.72 Å². The lowest BCUT2D eigenvalue weighted by molar-refractivity contribution is 0.0696. The Morgan fingerprint density at radius 1 is 0.964 bits per heavy atom. The molecule has 0 spiro atoms. The van der Waals surface area contributed by atoms with Crippen molar-refractivity contribution in [3.63, 3.8) is 0 Å². The molecule has 0 aliphatic rings. The van der Waals surface area contributed by atoms with E-state index in [0.717, 1.165) is 26.9 Å². The molecule has 1 aromatic heterocycles. The summed E-state index contributed by atoms with van der Waals surface area (Å²) in [6.07, 6.45) is 0. The average molecular weight is 410 g/mol. The monoisotopic (exact) mass is 410 g/mol. The van der Waals surface area contributed by atoms with Gasteiger partial charge in [0, 0.05) is 11.3 Å². The first-order valence-corrected chi connectivity index (χ1v) is 10.5. The van der Waals surface area contributed by atoms with E-state index in [1.165, 1.54) is 18.2 Å². The van der Waals surface area contributed by atoms with Gasteiger partial charge in [-0.05, 0) is 54.6 Å². The van der Waals surface area contributed by atoms with E-state index in [1.54, 1.807) is 35.6 Å². The Kier molecular flexibility index (Phi) is 4.58. The van der Waals surface area contributed by atoms with E-state index in [-0.39, 0.29) is 10.5 Å². The number of anilines is 1. The highest BCUT2D eigenvalue weighted by atomic mass is 32.2. The number of hydrogen-bond acceptors (Lipinski definition) is 5. The maximum Gasteiger partial charge on any atom is 0.335 e. The third-order valence-electron chi connectivity index (χ3n) is 4.07. The highest BCUT2D eigenvalue weighted by Gasteiger charge is 2.16. The molecule has 4 rings (SSSR count). The van der Waals surface area contributed by atoms with Gasteiger partial charge in [-0.2, -0.15) is 0 Å². The van der Waals surface area contributed by atoms with Crippen molar-refractivity contribution in [2.45, 2.75) is 4.90 Å². The number of para-hydroxylation sites is 1. The molecule has 140 valence electrons. The highest BCUT2D eigenvalue weighted by Crippen LogP contribution is 2.30. The van der Waals surface area contributed by atoms with Crippen LogP contribution < -0.4 is 4.72 Å². The zero-order chi connectivity index (χ0) is 19.7. The van der Waals surface area contributed by atoms with Gasteiger partial charge in [0.2, 0.25) is 0 Å². The molecule has 3 aromatic carbocycles. The van der Waals surface area contributed by atoms with E-state index in [9.17, 15) is 13.2 Å². The van der Waals surface area contributed by atoms with E-state index in [4.69, 9.17) is 5.11 Å². The maximum absolute atomic E-state index is 12.5. The van der Waals surface area contributed by atoms with Crippen molar-refractivity contribution in [3.05, 3.63) is 78.4 Å². The fourth-order valence-corrected chi connectivity index (χ4v) is 4.76. The van der Waals surface area contributed by atoms with E-state index in [0.29, 0.717) is 5.69 Å². The number of nitrogens with one attached hydrogen (secondary N) is 1. The Labute approximate surface area is 165 Å². The average Bonchev–Trinajstić information content (AvgIpc) is 3.12. The zero-order valence-electron chi connectivity index (χ0n) is 14.4. The van der Waals surface area contributed by atoms with Gasteiger partial charge in [0.1, 0.15) is 5.01 Å². The molecule has 2 N–H and O–H groups in total. The summed E-state index contributed by atoms with van der Waals surface area (Å²) < 4.78 is 28.6. The molecule has 0 aliphatic heterocycles. The number of aromatic carboxylic acids is 1. The lowest BCUT2D eigenvalue weighted by Gasteiger charge is -2.09. The highest BCUT2D eigenvalue weighted by molar-refractivity contribution is 7.92. The van der Waals surface area contributed by atoms with Gasteiger partial charge in [-0.1, -0.05) is 18.2 Å². The van der Waals surface area contributed by atoms with Crippen LogP contribution in [0.1, 0.15) is 10.4 Å². The molecule has 0 unspecified atom stereocenters. The van der Waals surface area contributed by atoms with E-state index in [1.807, 2.05) is 24.3 Å². The van der Waals surface area contributed by atoms with Crippen LogP contribution in [0.2, 0.25) is 0 Å². The second-order valence-corrected chi connectivity index (χ2v) is 8.72. The van der Waals surface area contributed by atoms with Crippen molar-refractivity contribution in [2.75, 3.05) is 4.72 Å². The number of carboxylic acid groups (broad SMARTS) is 1. The van der Waals surface area contributed by atoms with Gasteiger partial charge in [0.05, 0.1) is 20.7 Å². The number of aromatic nitrogens is 1. The summed E-state index contributed by atoms with van der Waals surface area (Å²) in [5.41, 5.74) is 2.10. The third kappa shape index (κ3) is 3.60. The zero-order valence-corrected chi connectivity index (χ0v) is 16.0. The Bertz CT molecular complexity index is 1250. The van der Waals surface area contributed by atoms with Crippen LogP contribution in [-0.4, -0.2) is 24.5 Å². The third-order valence-corrected chi connectivity index (χ3v) is 6.53. The lowest BCUT2D eigenvalue weighted by Crippen LogP contribution is -2.13. The minimum Gasteiger partial charge on any atom is -0.478 e. The number of rotatable bonds is 5. The minimum absolute atomic E-state index is 0.0888. The van der Waals surface area contributed by atoms with Crippen LogP contribution >= 0.6 is 11.3 Å². The molecular formula is C20H14N2O4S2. The Morgan fingerprint density at radius 2 is 1.71 bits per heavy atom. The molecule has 4 aromatic rings. The molecule has 6 nitrogen and oxygen atoms in total. The fourth-order valence-electron chi connectivity index (χ4n) is 2.69. The fraction of sp³-hybridized carbons (Fsp3) is 0. The van der Waals surface area contributed by atoms with Gasteiger partial charge >= 0.3 is 5.97 Å². The van der Waals surface area contributed by atoms with Gasteiger partial charge in [0.25, 0.3) is 10.0 Å². The smallest absolute Gasteiger partial charge is 0.335 e. The number of carbonyl (C=O) groups is 1. The predicted octanol–water partition coefficient (Wildman–Crippen LogP) is 4.46. The number of benzene rings is 3. The van der Waals surface area contributed by atoms with Crippen LogP contribution in [0.3, 0.4) is 0 Å². The Morgan fingerprint density at radius 3 is 2.43 bits per heavy atom. The van der Waals surface area contributed by atoms with Gasteiger partial charge in [-0.15, -0.1) is 11.3 Å². The first-order valence-electron chi connectivity index (χ1n) is 8.24. The van der Waals surface area contributed by atoms with E-state index >= 15 is 0 Å². The van der Waals surface area contributed by atoms with Gasteiger partial charge in [0.15, 0.2) is 0 Å². The summed E-state index contributed by atoms with van der Waals surface area (Å²) in [6, 6.07) is 20.0. The molecule has 0 radical (unpaired) electrons. The summed E-state index contributed by atoms with van der Waals surface area (Å²) in [5, 5.41) is 9.89.